The van der Waals surface area contributed by atoms with Crippen LogP contribution in [0.4, 0.5) is 4.79 Å². The predicted molar refractivity (Wildman–Crippen MR) is 88.2 cm³/mol. The number of ether oxygens (including phenoxy) is 1. The van der Waals surface area contributed by atoms with Crippen molar-refractivity contribution in [1.82, 2.24) is 15.5 Å². The van der Waals surface area contributed by atoms with Crippen molar-refractivity contribution in [3.05, 3.63) is 34.9 Å². The lowest BCUT2D eigenvalue weighted by atomic mass is 10.1. The van der Waals surface area contributed by atoms with Gasteiger partial charge in [-0.1, -0.05) is 23.7 Å². The summed E-state index contributed by atoms with van der Waals surface area (Å²) in [6.07, 6.45) is 2.53. The molecule has 1 aromatic carbocycles. The Morgan fingerprint density at radius 1 is 1.36 bits per heavy atom. The number of halogens is 1. The lowest BCUT2D eigenvalue weighted by Crippen LogP contribution is -2.43. The Labute approximate surface area is 137 Å². The Kier molecular flexibility index (Phi) is 6.96. The molecule has 0 spiro atoms. The predicted octanol–water partition coefficient (Wildman–Crippen LogP) is 2.25. The van der Waals surface area contributed by atoms with Gasteiger partial charge in [0.1, 0.15) is 0 Å². The summed E-state index contributed by atoms with van der Waals surface area (Å²) in [6.45, 7) is 4.07. The average molecular weight is 326 g/mol. The Bertz CT molecular complexity index is 476. The van der Waals surface area contributed by atoms with E-state index in [9.17, 15) is 4.79 Å². The largest absolute Gasteiger partial charge is 0.381 e. The number of methoxy groups -OCH3 is 1. The molecule has 1 fully saturated rings. The van der Waals surface area contributed by atoms with Gasteiger partial charge in [0.05, 0.1) is 6.10 Å². The van der Waals surface area contributed by atoms with E-state index in [1.807, 2.05) is 24.3 Å². The SMILES string of the molecule is COC1CCN(CCNC(=O)NCc2cccc(Cl)c2)CC1. The first-order valence-corrected chi connectivity index (χ1v) is 8.06. The van der Waals surface area contributed by atoms with Gasteiger partial charge >= 0.3 is 6.03 Å². The number of urea groups is 1. The van der Waals surface area contributed by atoms with Crippen LogP contribution in [0.1, 0.15) is 18.4 Å². The lowest BCUT2D eigenvalue weighted by molar-refractivity contribution is 0.0416. The molecule has 5 nitrogen and oxygen atoms in total. The third-order valence-corrected chi connectivity index (χ3v) is 4.16. The summed E-state index contributed by atoms with van der Waals surface area (Å²) in [7, 11) is 1.77. The van der Waals surface area contributed by atoms with Crippen molar-refractivity contribution in [1.29, 1.82) is 0 Å². The molecular formula is C16H24ClN3O2. The molecule has 6 heteroatoms. The molecule has 0 unspecified atom stereocenters. The van der Waals surface area contributed by atoms with Crippen molar-refractivity contribution >= 4 is 17.6 Å². The molecule has 2 N–H and O–H groups in total. The molecule has 0 bridgehead atoms. The van der Waals surface area contributed by atoms with Gasteiger partial charge < -0.3 is 20.3 Å². The molecule has 0 aromatic heterocycles. The number of likely N-dealkylation sites (tertiary alicyclic amines) is 1. The molecule has 1 aliphatic rings. The van der Waals surface area contributed by atoms with E-state index in [0.29, 0.717) is 24.2 Å². The van der Waals surface area contributed by atoms with Crippen LogP contribution in [0.25, 0.3) is 0 Å². The highest BCUT2D eigenvalue weighted by Crippen LogP contribution is 2.12. The Balaban J connectivity index is 1.58. The summed E-state index contributed by atoms with van der Waals surface area (Å²) in [5, 5.41) is 6.40. The third kappa shape index (κ3) is 5.83. The fourth-order valence-electron chi connectivity index (χ4n) is 2.59. The second-order valence-corrected chi connectivity index (χ2v) is 5.95. The minimum atomic E-state index is -0.147. The molecule has 0 saturated carbocycles. The first kappa shape index (κ1) is 17.1. The van der Waals surface area contributed by atoms with Crippen LogP contribution in [0.3, 0.4) is 0 Å². The summed E-state index contributed by atoms with van der Waals surface area (Å²) in [6, 6.07) is 7.33. The number of hydrogen-bond acceptors (Lipinski definition) is 3. The molecule has 1 aliphatic heterocycles. The lowest BCUT2D eigenvalue weighted by Gasteiger charge is -2.31. The highest BCUT2D eigenvalue weighted by Gasteiger charge is 2.18. The molecule has 1 saturated heterocycles. The van der Waals surface area contributed by atoms with Crippen molar-refractivity contribution in [2.45, 2.75) is 25.5 Å². The number of benzene rings is 1. The van der Waals surface area contributed by atoms with Crippen molar-refractivity contribution < 1.29 is 9.53 Å². The van der Waals surface area contributed by atoms with E-state index in [4.69, 9.17) is 16.3 Å². The smallest absolute Gasteiger partial charge is 0.315 e. The summed E-state index contributed by atoms with van der Waals surface area (Å²) < 4.78 is 5.35. The fraction of sp³-hybridized carbons (Fsp3) is 0.562. The van der Waals surface area contributed by atoms with E-state index >= 15 is 0 Å². The molecular weight excluding hydrogens is 302 g/mol. The number of piperidine rings is 1. The van der Waals surface area contributed by atoms with Crippen molar-refractivity contribution in [3.63, 3.8) is 0 Å². The molecule has 122 valence electrons. The van der Waals surface area contributed by atoms with Crippen LogP contribution in [-0.2, 0) is 11.3 Å². The number of amides is 2. The number of rotatable bonds is 6. The molecule has 1 aromatic rings. The van der Waals surface area contributed by atoms with Crippen LogP contribution < -0.4 is 10.6 Å². The normalized spacial score (nSPS) is 16.5. The van der Waals surface area contributed by atoms with Gasteiger partial charge in [0.15, 0.2) is 0 Å². The quantitative estimate of drug-likeness (QED) is 0.843. The van der Waals surface area contributed by atoms with Gasteiger partial charge in [-0.15, -0.1) is 0 Å². The van der Waals surface area contributed by atoms with Gasteiger partial charge in [-0.2, -0.15) is 0 Å². The first-order valence-electron chi connectivity index (χ1n) is 7.68. The molecule has 0 radical (unpaired) electrons. The second-order valence-electron chi connectivity index (χ2n) is 5.52. The van der Waals surface area contributed by atoms with E-state index in [0.717, 1.165) is 38.0 Å². The zero-order valence-corrected chi connectivity index (χ0v) is 13.7. The van der Waals surface area contributed by atoms with Gasteiger partial charge in [-0.05, 0) is 30.5 Å². The molecule has 2 rings (SSSR count). The fourth-order valence-corrected chi connectivity index (χ4v) is 2.80. The maximum atomic E-state index is 11.7. The zero-order valence-electron chi connectivity index (χ0n) is 13.0. The minimum absolute atomic E-state index is 0.147. The summed E-state index contributed by atoms with van der Waals surface area (Å²) in [5.41, 5.74) is 0.990. The van der Waals surface area contributed by atoms with Crippen molar-refractivity contribution in [2.24, 2.45) is 0 Å². The van der Waals surface area contributed by atoms with Crippen molar-refractivity contribution in [3.8, 4) is 0 Å². The van der Waals surface area contributed by atoms with Gasteiger partial charge in [-0.25, -0.2) is 4.79 Å². The zero-order chi connectivity index (χ0) is 15.8. The van der Waals surface area contributed by atoms with Gasteiger partial charge in [0.2, 0.25) is 0 Å². The Morgan fingerprint density at radius 3 is 2.82 bits per heavy atom. The Morgan fingerprint density at radius 2 is 2.14 bits per heavy atom. The van der Waals surface area contributed by atoms with Gasteiger partial charge in [-0.3, -0.25) is 0 Å². The molecule has 1 heterocycles. The van der Waals surface area contributed by atoms with Gasteiger partial charge in [0, 0.05) is 44.9 Å². The average Bonchev–Trinajstić information content (AvgIpc) is 2.54. The number of hydrogen-bond donors (Lipinski definition) is 2. The van der Waals surface area contributed by atoms with E-state index in [-0.39, 0.29) is 6.03 Å². The Hall–Kier alpha value is -1.30. The monoisotopic (exact) mass is 325 g/mol. The highest BCUT2D eigenvalue weighted by atomic mass is 35.5. The number of nitrogens with one attached hydrogen (secondary N) is 2. The van der Waals surface area contributed by atoms with Crippen LogP contribution in [0.5, 0.6) is 0 Å². The van der Waals surface area contributed by atoms with E-state index in [1.54, 1.807) is 7.11 Å². The third-order valence-electron chi connectivity index (χ3n) is 3.92. The minimum Gasteiger partial charge on any atom is -0.381 e. The van der Waals surface area contributed by atoms with Crippen LogP contribution in [0.2, 0.25) is 5.02 Å². The van der Waals surface area contributed by atoms with E-state index in [1.165, 1.54) is 0 Å². The second kappa shape index (κ2) is 8.98. The molecule has 22 heavy (non-hydrogen) atoms. The summed E-state index contributed by atoms with van der Waals surface area (Å²) >= 11 is 5.91. The topological polar surface area (TPSA) is 53.6 Å². The first-order chi connectivity index (χ1) is 10.7. The number of carbonyl (C=O) groups is 1. The number of nitrogens with zero attached hydrogens (tertiary/aromatic N) is 1. The van der Waals surface area contributed by atoms with E-state index < -0.39 is 0 Å². The van der Waals surface area contributed by atoms with Crippen LogP contribution >= 0.6 is 11.6 Å². The van der Waals surface area contributed by atoms with Crippen LogP contribution in [0, 0.1) is 0 Å². The van der Waals surface area contributed by atoms with Crippen LogP contribution in [-0.4, -0.2) is 50.3 Å². The molecule has 2 amide bonds. The number of carbonyl (C=O) groups excluding carboxylic acids is 1. The highest BCUT2D eigenvalue weighted by molar-refractivity contribution is 6.30. The standard InChI is InChI=1S/C16H24ClN3O2/c1-22-15-5-8-20(9-6-15)10-7-18-16(21)19-12-13-3-2-4-14(17)11-13/h2-4,11,15H,5-10,12H2,1H3,(H2,18,19,21). The maximum Gasteiger partial charge on any atom is 0.315 e. The molecule has 0 atom stereocenters. The molecule has 0 aliphatic carbocycles. The summed E-state index contributed by atoms with van der Waals surface area (Å²) in [4.78, 5) is 14.1. The maximum absolute atomic E-state index is 11.7. The van der Waals surface area contributed by atoms with Crippen LogP contribution in [0.15, 0.2) is 24.3 Å². The van der Waals surface area contributed by atoms with Crippen molar-refractivity contribution in [2.75, 3.05) is 33.3 Å². The van der Waals surface area contributed by atoms with Gasteiger partial charge in [0.25, 0.3) is 0 Å². The van der Waals surface area contributed by atoms with E-state index in [2.05, 4.69) is 15.5 Å². The summed E-state index contributed by atoms with van der Waals surface area (Å²) in [5.74, 6) is 0.